The molecule has 0 spiro atoms. The average Bonchev–Trinajstić information content (AvgIpc) is 2.06. The first-order chi connectivity index (χ1) is 6.02. The summed E-state index contributed by atoms with van der Waals surface area (Å²) in [6.45, 7) is 3.15. The molecule has 0 atom stereocenters. The highest BCUT2D eigenvalue weighted by Gasteiger charge is 2.20. The molecule has 0 saturated heterocycles. The third kappa shape index (κ3) is 2.18. The summed E-state index contributed by atoms with van der Waals surface area (Å²) in [5.74, 6) is -0.566. The molecule has 1 amide bonds. The highest BCUT2D eigenvalue weighted by molar-refractivity contribution is 6.45. The summed E-state index contributed by atoms with van der Waals surface area (Å²) in [7, 11) is 0. The van der Waals surface area contributed by atoms with Gasteiger partial charge in [0.05, 0.1) is 10.7 Å². The Hall–Kier alpha value is -1.09. The van der Waals surface area contributed by atoms with Gasteiger partial charge in [-0.2, -0.15) is 0 Å². The highest BCUT2D eigenvalue weighted by Crippen LogP contribution is 2.22. The molecule has 4 heteroatoms. The van der Waals surface area contributed by atoms with Crippen LogP contribution in [0.15, 0.2) is 22.4 Å². The number of halogens is 1. The Kier molecular flexibility index (Phi) is 2.88. The maximum Gasteiger partial charge on any atom is 0.221 e. The van der Waals surface area contributed by atoms with E-state index in [4.69, 9.17) is 11.6 Å². The molecule has 1 rings (SSSR count). The van der Waals surface area contributed by atoms with Crippen LogP contribution in [0, 0.1) is 0 Å². The van der Waals surface area contributed by atoms with E-state index in [1.807, 2.05) is 0 Å². The number of Topliss-reactive ketones (excluding diaryl/α,β-unsaturated/α-hetero) is 1. The molecule has 0 saturated carbocycles. The minimum Gasteiger partial charge on any atom is -0.323 e. The molecule has 0 fully saturated rings. The third-order valence-corrected chi connectivity index (χ3v) is 2.24. The van der Waals surface area contributed by atoms with Crippen molar-refractivity contribution >= 4 is 23.3 Å². The minimum atomic E-state index is -0.305. The maximum absolute atomic E-state index is 11.4. The van der Waals surface area contributed by atoms with E-state index < -0.39 is 0 Å². The van der Waals surface area contributed by atoms with E-state index in [0.717, 1.165) is 5.57 Å². The zero-order chi connectivity index (χ0) is 10.0. The van der Waals surface area contributed by atoms with Gasteiger partial charge in [0.15, 0.2) is 0 Å². The van der Waals surface area contributed by atoms with Crippen LogP contribution in [-0.2, 0) is 9.59 Å². The van der Waals surface area contributed by atoms with Crippen LogP contribution < -0.4 is 5.32 Å². The molecule has 1 aliphatic rings. The molecular weight excluding hydrogens is 190 g/mol. The first kappa shape index (κ1) is 9.99. The molecule has 1 aliphatic carbocycles. The van der Waals surface area contributed by atoms with Gasteiger partial charge in [-0.25, -0.2) is 0 Å². The molecule has 1 N–H and O–H groups in total. The summed E-state index contributed by atoms with van der Waals surface area (Å²) in [5, 5.41) is 2.65. The molecule has 0 heterocycles. The molecule has 0 radical (unpaired) electrons. The molecule has 0 aliphatic heterocycles. The van der Waals surface area contributed by atoms with E-state index in [2.05, 4.69) is 5.32 Å². The first-order valence-electron chi connectivity index (χ1n) is 3.90. The van der Waals surface area contributed by atoms with Gasteiger partial charge in [0.25, 0.3) is 0 Å². The largest absolute Gasteiger partial charge is 0.323 e. The first-order valence-corrected chi connectivity index (χ1v) is 4.28. The number of hydrogen-bond acceptors (Lipinski definition) is 2. The molecule has 0 aromatic rings. The van der Waals surface area contributed by atoms with Crippen LogP contribution in [0.3, 0.4) is 0 Å². The molecular formula is C9H10ClNO2. The van der Waals surface area contributed by atoms with Gasteiger partial charge in [0.1, 0.15) is 0 Å². The second-order valence-corrected chi connectivity index (χ2v) is 3.30. The number of hydrogen-bond donors (Lipinski definition) is 1. The predicted molar refractivity (Wildman–Crippen MR) is 50.1 cm³/mol. The van der Waals surface area contributed by atoms with Gasteiger partial charge in [-0.15, -0.1) is 0 Å². The van der Waals surface area contributed by atoms with Crippen LogP contribution in [0.1, 0.15) is 20.3 Å². The van der Waals surface area contributed by atoms with Crippen molar-refractivity contribution in [3.05, 3.63) is 22.4 Å². The van der Waals surface area contributed by atoms with Crippen molar-refractivity contribution in [2.24, 2.45) is 0 Å². The number of carbonyl (C=O) groups is 2. The molecule has 13 heavy (non-hydrogen) atoms. The lowest BCUT2D eigenvalue weighted by Gasteiger charge is -2.13. The van der Waals surface area contributed by atoms with Crippen LogP contribution >= 0.6 is 11.6 Å². The van der Waals surface area contributed by atoms with Crippen molar-refractivity contribution in [1.29, 1.82) is 0 Å². The van der Waals surface area contributed by atoms with E-state index in [-0.39, 0.29) is 22.4 Å². The molecule has 70 valence electrons. The fourth-order valence-electron chi connectivity index (χ4n) is 1.05. The summed E-state index contributed by atoms with van der Waals surface area (Å²) in [4.78, 5) is 22.1. The third-order valence-electron chi connectivity index (χ3n) is 1.74. The normalized spacial score (nSPS) is 17.2. The number of amides is 1. The van der Waals surface area contributed by atoms with E-state index in [1.165, 1.54) is 6.92 Å². The summed E-state index contributed by atoms with van der Waals surface area (Å²) in [5.41, 5.74) is 1.11. The lowest BCUT2D eigenvalue weighted by Crippen LogP contribution is -2.26. The Labute approximate surface area is 81.4 Å². The fourth-order valence-corrected chi connectivity index (χ4v) is 1.23. The predicted octanol–water partition coefficient (Wildman–Crippen LogP) is 1.49. The van der Waals surface area contributed by atoms with Gasteiger partial charge in [0, 0.05) is 6.92 Å². The van der Waals surface area contributed by atoms with Crippen molar-refractivity contribution in [2.75, 3.05) is 0 Å². The monoisotopic (exact) mass is 199 g/mol. The average molecular weight is 200 g/mol. The minimum absolute atomic E-state index is 0.214. The lowest BCUT2D eigenvalue weighted by atomic mass is 10.0. The van der Waals surface area contributed by atoms with Gasteiger partial charge in [-0.3, -0.25) is 9.59 Å². The Morgan fingerprint density at radius 1 is 1.62 bits per heavy atom. The topological polar surface area (TPSA) is 46.2 Å². The molecule has 0 aromatic carbocycles. The smallest absolute Gasteiger partial charge is 0.221 e. The van der Waals surface area contributed by atoms with Crippen LogP contribution in [0.4, 0.5) is 0 Å². The second kappa shape index (κ2) is 3.75. The molecule has 0 aromatic heterocycles. The van der Waals surface area contributed by atoms with E-state index in [0.29, 0.717) is 6.42 Å². The Morgan fingerprint density at radius 2 is 2.23 bits per heavy atom. The summed E-state index contributed by atoms with van der Waals surface area (Å²) < 4.78 is 0. The summed E-state index contributed by atoms with van der Waals surface area (Å²) >= 11 is 5.73. The van der Waals surface area contributed by atoms with Gasteiger partial charge < -0.3 is 5.32 Å². The van der Waals surface area contributed by atoms with Gasteiger partial charge in [-0.05, 0) is 18.9 Å². The zero-order valence-corrected chi connectivity index (χ0v) is 8.23. The molecule has 3 nitrogen and oxygen atoms in total. The molecule has 0 bridgehead atoms. The number of nitrogens with one attached hydrogen (secondary N) is 1. The van der Waals surface area contributed by atoms with Crippen LogP contribution in [0.25, 0.3) is 0 Å². The standard InChI is InChI=1S/C9H10ClNO2/c1-5-3-4-7(11-6(2)12)9(13)8(5)10/h4H,3H2,1-2H3,(H,11,12). The number of allylic oxidation sites excluding steroid dienone is 3. The van der Waals surface area contributed by atoms with Gasteiger partial charge >= 0.3 is 0 Å². The number of rotatable bonds is 1. The maximum atomic E-state index is 11.4. The highest BCUT2D eigenvalue weighted by atomic mass is 35.5. The Morgan fingerprint density at radius 3 is 2.77 bits per heavy atom. The SMILES string of the molecule is CC(=O)NC1=CCC(C)=C(Cl)C1=O. The molecule has 0 unspecified atom stereocenters. The summed E-state index contributed by atoms with van der Waals surface area (Å²) in [6, 6.07) is 0. The van der Waals surface area contributed by atoms with Crippen molar-refractivity contribution < 1.29 is 9.59 Å². The van der Waals surface area contributed by atoms with Crippen molar-refractivity contribution in [1.82, 2.24) is 5.32 Å². The fraction of sp³-hybridized carbons (Fsp3) is 0.333. The van der Waals surface area contributed by atoms with E-state index >= 15 is 0 Å². The van der Waals surface area contributed by atoms with Gasteiger partial charge in [0.2, 0.25) is 11.7 Å². The van der Waals surface area contributed by atoms with Crippen molar-refractivity contribution in [2.45, 2.75) is 20.3 Å². The summed E-state index contributed by atoms with van der Waals surface area (Å²) in [6.07, 6.45) is 2.28. The van der Waals surface area contributed by atoms with Crippen molar-refractivity contribution in [3.63, 3.8) is 0 Å². The quantitative estimate of drug-likeness (QED) is 0.696. The van der Waals surface area contributed by atoms with Crippen LogP contribution in [0.5, 0.6) is 0 Å². The Bertz CT molecular complexity index is 329. The number of ketones is 1. The van der Waals surface area contributed by atoms with Crippen LogP contribution in [0.2, 0.25) is 0 Å². The lowest BCUT2D eigenvalue weighted by molar-refractivity contribution is -0.120. The van der Waals surface area contributed by atoms with Gasteiger partial charge in [-0.1, -0.05) is 17.7 Å². The van der Waals surface area contributed by atoms with E-state index in [1.54, 1.807) is 13.0 Å². The van der Waals surface area contributed by atoms with Crippen molar-refractivity contribution in [3.8, 4) is 0 Å². The second-order valence-electron chi connectivity index (χ2n) is 2.93. The van der Waals surface area contributed by atoms with Crippen LogP contribution in [-0.4, -0.2) is 11.7 Å². The van der Waals surface area contributed by atoms with E-state index in [9.17, 15) is 9.59 Å². The zero-order valence-electron chi connectivity index (χ0n) is 7.48. The Balaban J connectivity index is 2.83. The number of carbonyl (C=O) groups excluding carboxylic acids is 2.